The van der Waals surface area contributed by atoms with Gasteiger partial charge in [0.05, 0.1) is 10.4 Å². The number of hydrogen-bond acceptors (Lipinski definition) is 3. The van der Waals surface area contributed by atoms with Crippen molar-refractivity contribution in [3.63, 3.8) is 0 Å². The molecular formula is C21H30N2S2. The number of aromatic nitrogens is 2. The van der Waals surface area contributed by atoms with Crippen molar-refractivity contribution in [2.45, 2.75) is 68.7 Å². The molecule has 0 amide bonds. The summed E-state index contributed by atoms with van der Waals surface area (Å²) in [6.07, 6.45) is 11.9. The van der Waals surface area contributed by atoms with Crippen LogP contribution in [0.25, 0.3) is 0 Å². The van der Waals surface area contributed by atoms with Gasteiger partial charge in [-0.1, -0.05) is 39.0 Å². The highest BCUT2D eigenvalue weighted by Gasteiger charge is 2.40. The first-order valence-corrected chi connectivity index (χ1v) is 11.4. The second kappa shape index (κ2) is 8.68. The van der Waals surface area contributed by atoms with E-state index in [1.54, 1.807) is 5.56 Å². The van der Waals surface area contributed by atoms with E-state index in [1.807, 2.05) is 12.5 Å². The molecule has 2 aromatic rings. The van der Waals surface area contributed by atoms with Crippen molar-refractivity contribution in [2.75, 3.05) is 5.75 Å². The lowest BCUT2D eigenvalue weighted by Gasteiger charge is -2.29. The minimum Gasteiger partial charge on any atom is -0.335 e. The molecular weight excluding hydrogens is 344 g/mol. The number of benzene rings is 1. The lowest BCUT2D eigenvalue weighted by atomic mass is 9.96. The van der Waals surface area contributed by atoms with Crippen molar-refractivity contribution in [2.24, 2.45) is 0 Å². The quantitative estimate of drug-likeness (QED) is 0.599. The highest BCUT2D eigenvalue weighted by Crippen LogP contribution is 2.52. The summed E-state index contributed by atoms with van der Waals surface area (Å²) in [5.41, 5.74) is 4.55. The normalized spacial score (nSPS) is 23.2. The average molecular weight is 375 g/mol. The van der Waals surface area contributed by atoms with E-state index in [4.69, 9.17) is 0 Å². The van der Waals surface area contributed by atoms with Crippen molar-refractivity contribution in [1.29, 1.82) is 0 Å². The Bertz CT molecular complexity index is 669. The van der Waals surface area contributed by atoms with Crippen molar-refractivity contribution >= 4 is 23.5 Å². The molecule has 1 saturated heterocycles. The van der Waals surface area contributed by atoms with Gasteiger partial charge in [-0.05, 0) is 48.8 Å². The van der Waals surface area contributed by atoms with Gasteiger partial charge in [0.25, 0.3) is 0 Å². The minimum atomic E-state index is 0.288. The largest absolute Gasteiger partial charge is 0.335 e. The summed E-state index contributed by atoms with van der Waals surface area (Å²) >= 11 is 4.39. The van der Waals surface area contributed by atoms with E-state index in [0.29, 0.717) is 0 Å². The van der Waals surface area contributed by atoms with Gasteiger partial charge in [0.2, 0.25) is 0 Å². The molecule has 1 fully saturated rings. The molecule has 0 saturated carbocycles. The molecule has 2 heterocycles. The zero-order chi connectivity index (χ0) is 17.7. The molecule has 136 valence electrons. The predicted octanol–water partition coefficient (Wildman–Crippen LogP) is 5.60. The fourth-order valence-electron chi connectivity index (χ4n) is 3.57. The number of aryl methyl sites for hydroxylation is 3. The lowest BCUT2D eigenvalue weighted by molar-refractivity contribution is 0.591. The Morgan fingerprint density at radius 2 is 2.08 bits per heavy atom. The molecule has 2 atom stereocenters. The average Bonchev–Trinajstić information content (AvgIpc) is 3.30. The summed E-state index contributed by atoms with van der Waals surface area (Å²) in [7, 11) is 0. The maximum atomic E-state index is 4.24. The third-order valence-corrected chi connectivity index (χ3v) is 9.06. The second-order valence-corrected chi connectivity index (χ2v) is 10.3. The minimum absolute atomic E-state index is 0.288. The Morgan fingerprint density at radius 3 is 2.72 bits per heavy atom. The Kier molecular flexibility index (Phi) is 6.56. The van der Waals surface area contributed by atoms with Crippen LogP contribution in [0.5, 0.6) is 0 Å². The van der Waals surface area contributed by atoms with Crippen molar-refractivity contribution < 1.29 is 0 Å². The van der Waals surface area contributed by atoms with Crippen LogP contribution >= 0.6 is 23.5 Å². The van der Waals surface area contributed by atoms with Crippen LogP contribution in [0.15, 0.2) is 36.9 Å². The van der Waals surface area contributed by atoms with Crippen LogP contribution in [0.2, 0.25) is 0 Å². The fourth-order valence-corrected chi connectivity index (χ4v) is 7.36. The van der Waals surface area contributed by atoms with E-state index >= 15 is 0 Å². The van der Waals surface area contributed by atoms with Gasteiger partial charge in [0.15, 0.2) is 0 Å². The van der Waals surface area contributed by atoms with E-state index in [2.05, 4.69) is 78.2 Å². The summed E-state index contributed by atoms with van der Waals surface area (Å²) in [6.45, 7) is 7.91. The summed E-state index contributed by atoms with van der Waals surface area (Å²) in [5.74, 6) is 1.28. The third-order valence-electron chi connectivity index (χ3n) is 5.19. The fraction of sp³-hybridized carbons (Fsp3) is 0.571. The molecule has 2 unspecified atom stereocenters. The van der Waals surface area contributed by atoms with E-state index in [9.17, 15) is 0 Å². The van der Waals surface area contributed by atoms with Gasteiger partial charge < -0.3 is 4.57 Å². The molecule has 3 rings (SSSR count). The van der Waals surface area contributed by atoms with Crippen molar-refractivity contribution in [1.82, 2.24) is 9.55 Å². The molecule has 0 bridgehead atoms. The smallest absolute Gasteiger partial charge is 0.0946 e. The monoisotopic (exact) mass is 374 g/mol. The maximum absolute atomic E-state index is 4.24. The van der Waals surface area contributed by atoms with Crippen LogP contribution < -0.4 is 0 Å². The first kappa shape index (κ1) is 18.9. The summed E-state index contributed by atoms with van der Waals surface area (Å²) in [5, 5.41) is 0.793. The lowest BCUT2D eigenvalue weighted by Crippen LogP contribution is -2.25. The van der Waals surface area contributed by atoms with Crippen LogP contribution in [-0.2, 0) is 25.8 Å². The highest BCUT2D eigenvalue weighted by molar-refractivity contribution is 8.21. The molecule has 2 nitrogen and oxygen atoms in total. The number of hydrogen-bond donors (Lipinski definition) is 0. The van der Waals surface area contributed by atoms with Crippen LogP contribution in [0.4, 0.5) is 0 Å². The number of rotatable bonds is 8. The molecule has 1 aliphatic rings. The molecule has 0 spiro atoms. The summed E-state index contributed by atoms with van der Waals surface area (Å²) < 4.78 is 2.55. The first-order chi connectivity index (χ1) is 12.2. The Hall–Kier alpha value is -0.870. The third kappa shape index (κ3) is 4.65. The maximum Gasteiger partial charge on any atom is 0.0946 e. The molecule has 0 N–H and O–H groups in total. The molecule has 1 aromatic heterocycles. The van der Waals surface area contributed by atoms with Crippen LogP contribution in [0.1, 0.15) is 50.3 Å². The van der Waals surface area contributed by atoms with E-state index in [0.717, 1.165) is 24.6 Å². The van der Waals surface area contributed by atoms with Gasteiger partial charge in [0, 0.05) is 29.9 Å². The summed E-state index contributed by atoms with van der Waals surface area (Å²) in [4.78, 5) is 4.24. The highest BCUT2D eigenvalue weighted by atomic mass is 32.2. The van der Waals surface area contributed by atoms with Gasteiger partial charge in [-0.3, -0.25) is 0 Å². The number of imidazole rings is 1. The van der Waals surface area contributed by atoms with Gasteiger partial charge in [-0.15, -0.1) is 23.5 Å². The van der Waals surface area contributed by atoms with E-state index < -0.39 is 0 Å². The first-order valence-electron chi connectivity index (χ1n) is 9.56. The van der Waals surface area contributed by atoms with Crippen LogP contribution in [0, 0.1) is 0 Å². The summed E-state index contributed by atoms with van der Waals surface area (Å²) in [6, 6.07) is 7.12. The van der Waals surface area contributed by atoms with Gasteiger partial charge in [0.1, 0.15) is 0 Å². The molecule has 1 aromatic carbocycles. The van der Waals surface area contributed by atoms with Crippen LogP contribution in [0.3, 0.4) is 0 Å². The molecule has 1 aliphatic heterocycles. The Morgan fingerprint density at radius 1 is 1.20 bits per heavy atom. The van der Waals surface area contributed by atoms with Gasteiger partial charge in [-0.25, -0.2) is 4.98 Å². The predicted molar refractivity (Wildman–Crippen MR) is 113 cm³/mol. The SMILES string of the molecule is CCc1ccc(CCC2(Cn3ccnc3)SCC(CC)S2)c(CC)c1. The molecule has 4 heteroatoms. The zero-order valence-electron chi connectivity index (χ0n) is 15.7. The zero-order valence-corrected chi connectivity index (χ0v) is 17.3. The second-order valence-electron chi connectivity index (χ2n) is 6.91. The van der Waals surface area contributed by atoms with Crippen LogP contribution in [-0.4, -0.2) is 24.6 Å². The van der Waals surface area contributed by atoms with E-state index in [1.165, 1.54) is 36.1 Å². The van der Waals surface area contributed by atoms with Crippen molar-refractivity contribution in [3.8, 4) is 0 Å². The molecule has 0 radical (unpaired) electrons. The Labute approximate surface area is 161 Å². The van der Waals surface area contributed by atoms with Crippen molar-refractivity contribution in [3.05, 3.63) is 53.6 Å². The standard InChI is InChI=1S/C21H30N2S2/c1-4-17-7-8-19(18(5-2)13-17)9-10-21(15-23-12-11-22-16-23)24-14-20(6-3)25-21/h7-8,11-13,16,20H,4-6,9-10,14-15H2,1-3H3. The van der Waals surface area contributed by atoms with Gasteiger partial charge >= 0.3 is 0 Å². The topological polar surface area (TPSA) is 17.8 Å². The number of nitrogens with zero attached hydrogens (tertiary/aromatic N) is 2. The molecule has 0 aliphatic carbocycles. The van der Waals surface area contributed by atoms with Gasteiger partial charge in [-0.2, -0.15) is 0 Å². The molecule has 25 heavy (non-hydrogen) atoms. The Balaban J connectivity index is 1.75. The number of thioether (sulfide) groups is 2. The van der Waals surface area contributed by atoms with E-state index in [-0.39, 0.29) is 4.08 Å².